The molecule has 1 spiro atoms. The normalized spacial score (nSPS) is 18.3. The van der Waals surface area contributed by atoms with E-state index in [-0.39, 0.29) is 17.0 Å². The Balaban J connectivity index is 1.19. The van der Waals surface area contributed by atoms with Crippen molar-refractivity contribution in [2.24, 2.45) is 11.1 Å². The number of aromatic nitrogens is 4. The summed E-state index contributed by atoms with van der Waals surface area (Å²) in [6.07, 6.45) is 6.29. The highest BCUT2D eigenvalue weighted by Crippen LogP contribution is 2.51. The van der Waals surface area contributed by atoms with Crippen LogP contribution in [0.4, 0.5) is 11.6 Å². The van der Waals surface area contributed by atoms with Gasteiger partial charge in [-0.05, 0) is 61.8 Å². The molecule has 4 aromatic rings. The van der Waals surface area contributed by atoms with E-state index in [0.29, 0.717) is 38.2 Å². The highest BCUT2D eigenvalue weighted by molar-refractivity contribution is 7.99. The topological polar surface area (TPSA) is 125 Å². The molecule has 3 heterocycles. The van der Waals surface area contributed by atoms with E-state index < -0.39 is 5.60 Å². The summed E-state index contributed by atoms with van der Waals surface area (Å²) in [4.78, 5) is 30.0. The molecule has 9 nitrogen and oxygen atoms in total. The Labute approximate surface area is 248 Å². The number of fused-ring (bicyclic) bond motifs is 2. The molecule has 0 saturated carbocycles. The van der Waals surface area contributed by atoms with Crippen LogP contribution in [0.25, 0.3) is 10.9 Å². The molecule has 0 amide bonds. The highest BCUT2D eigenvalue weighted by Gasteiger charge is 2.45. The number of nitrogen functional groups attached to an aromatic ring is 1. The Kier molecular flexibility index (Phi) is 7.22. The Hall–Kier alpha value is -3.18. The SMILES string of the molecule is COC(C)(C)Cn1cnc2ccc(Sc3ncc(N4CCC5(CC4)Cc4ccccc4[C@H]5N)nc3N)c(Cl)c2c1=O. The van der Waals surface area contributed by atoms with Crippen molar-refractivity contribution in [3.05, 3.63) is 75.4 Å². The van der Waals surface area contributed by atoms with Crippen LogP contribution in [-0.4, -0.2) is 45.3 Å². The van der Waals surface area contributed by atoms with Gasteiger partial charge >= 0.3 is 0 Å². The molecular formula is C30H34ClN7O2S. The van der Waals surface area contributed by atoms with Crippen LogP contribution in [0.5, 0.6) is 0 Å². The standard InChI is InChI=1S/C30H34ClN7O2S/c1-29(2,40-3)16-38-17-35-20-8-9-21(24(31)23(20)28(38)39)41-27-26(33)36-22(15-34-27)37-12-10-30(11-13-37)14-18-6-4-5-7-19(18)25(30)32/h4-9,15,17,25H,10-14,16,32H2,1-3H3,(H2,33,36)/t25-/m1/s1. The second kappa shape index (κ2) is 10.6. The molecule has 41 heavy (non-hydrogen) atoms. The molecule has 2 aliphatic rings. The van der Waals surface area contributed by atoms with E-state index in [1.165, 1.54) is 33.8 Å². The monoisotopic (exact) mass is 591 g/mol. The summed E-state index contributed by atoms with van der Waals surface area (Å²) in [5, 5.41) is 1.19. The molecule has 1 atom stereocenters. The molecule has 11 heteroatoms. The largest absolute Gasteiger partial charge is 0.381 e. The van der Waals surface area contributed by atoms with Crippen LogP contribution in [0.3, 0.4) is 0 Å². The lowest BCUT2D eigenvalue weighted by atomic mass is 9.73. The van der Waals surface area contributed by atoms with Gasteiger partial charge in [0.25, 0.3) is 5.56 Å². The Bertz CT molecular complexity index is 1680. The Morgan fingerprint density at radius 2 is 1.93 bits per heavy atom. The van der Waals surface area contributed by atoms with Gasteiger partial charge in [-0.25, -0.2) is 15.0 Å². The molecular weight excluding hydrogens is 558 g/mol. The molecule has 2 aromatic heterocycles. The first-order chi connectivity index (χ1) is 19.6. The average Bonchev–Trinajstić information content (AvgIpc) is 3.23. The number of nitrogens with two attached hydrogens (primary N) is 2. The van der Waals surface area contributed by atoms with Gasteiger partial charge in [0.05, 0.1) is 40.6 Å². The molecule has 1 fully saturated rings. The van der Waals surface area contributed by atoms with Crippen LogP contribution >= 0.6 is 23.4 Å². The zero-order valence-electron chi connectivity index (χ0n) is 23.4. The fourth-order valence-corrected chi connectivity index (χ4v) is 7.20. The van der Waals surface area contributed by atoms with Gasteiger partial charge in [-0.2, -0.15) is 0 Å². The van der Waals surface area contributed by atoms with Gasteiger partial charge in [-0.3, -0.25) is 9.36 Å². The maximum absolute atomic E-state index is 13.3. The van der Waals surface area contributed by atoms with Crippen molar-refractivity contribution in [2.45, 2.75) is 61.2 Å². The van der Waals surface area contributed by atoms with E-state index in [1.807, 2.05) is 19.9 Å². The summed E-state index contributed by atoms with van der Waals surface area (Å²) in [6, 6.07) is 12.2. The van der Waals surface area contributed by atoms with Crippen LogP contribution in [-0.2, 0) is 17.7 Å². The van der Waals surface area contributed by atoms with Gasteiger partial charge in [-0.15, -0.1) is 0 Å². The number of hydrogen-bond donors (Lipinski definition) is 2. The first-order valence-electron chi connectivity index (χ1n) is 13.7. The zero-order chi connectivity index (χ0) is 28.9. The summed E-state index contributed by atoms with van der Waals surface area (Å²) in [7, 11) is 1.61. The van der Waals surface area contributed by atoms with Gasteiger partial charge in [0, 0.05) is 31.1 Å². The van der Waals surface area contributed by atoms with E-state index >= 15 is 0 Å². The number of halogens is 1. The van der Waals surface area contributed by atoms with Crippen molar-refractivity contribution in [1.29, 1.82) is 0 Å². The van der Waals surface area contributed by atoms with Crippen LogP contribution in [0.1, 0.15) is 43.9 Å². The molecule has 0 bridgehead atoms. The van der Waals surface area contributed by atoms with E-state index in [1.54, 1.807) is 19.4 Å². The van der Waals surface area contributed by atoms with Gasteiger partial charge in [0.1, 0.15) is 10.8 Å². The predicted molar refractivity (Wildman–Crippen MR) is 164 cm³/mol. The summed E-state index contributed by atoms with van der Waals surface area (Å²) < 4.78 is 7.01. The van der Waals surface area contributed by atoms with E-state index in [4.69, 9.17) is 32.8 Å². The zero-order valence-corrected chi connectivity index (χ0v) is 25.0. The van der Waals surface area contributed by atoms with Crippen LogP contribution in [0, 0.1) is 5.41 Å². The second-order valence-corrected chi connectivity index (χ2v) is 13.0. The lowest BCUT2D eigenvalue weighted by molar-refractivity contribution is 0.00728. The predicted octanol–water partition coefficient (Wildman–Crippen LogP) is 4.84. The molecule has 2 aromatic carbocycles. The maximum atomic E-state index is 13.3. The molecule has 1 aliphatic carbocycles. The minimum absolute atomic E-state index is 0.0632. The maximum Gasteiger partial charge on any atom is 0.262 e. The number of anilines is 2. The minimum atomic E-state index is -0.535. The summed E-state index contributed by atoms with van der Waals surface area (Å²) >= 11 is 8.06. The van der Waals surface area contributed by atoms with Crippen molar-refractivity contribution in [1.82, 2.24) is 19.5 Å². The average molecular weight is 592 g/mol. The highest BCUT2D eigenvalue weighted by atomic mass is 35.5. The van der Waals surface area contributed by atoms with Crippen LogP contribution in [0.15, 0.2) is 63.6 Å². The fourth-order valence-electron chi connectivity index (χ4n) is 6.06. The third-order valence-electron chi connectivity index (χ3n) is 8.63. The molecule has 0 unspecified atom stereocenters. The molecule has 4 N–H and O–H groups in total. The quantitative estimate of drug-likeness (QED) is 0.324. The number of hydrogen-bond acceptors (Lipinski definition) is 9. The summed E-state index contributed by atoms with van der Waals surface area (Å²) in [5.41, 5.74) is 15.7. The Morgan fingerprint density at radius 1 is 1.17 bits per heavy atom. The van der Waals surface area contributed by atoms with Gasteiger partial charge < -0.3 is 21.1 Å². The van der Waals surface area contributed by atoms with Crippen molar-refractivity contribution < 1.29 is 4.74 Å². The smallest absolute Gasteiger partial charge is 0.262 e. The summed E-state index contributed by atoms with van der Waals surface area (Å²) in [6.45, 7) is 5.85. The van der Waals surface area contributed by atoms with Crippen molar-refractivity contribution >= 4 is 45.9 Å². The van der Waals surface area contributed by atoms with Gasteiger partial charge in [-0.1, -0.05) is 47.6 Å². The van der Waals surface area contributed by atoms with Gasteiger partial charge in [0.2, 0.25) is 0 Å². The lowest BCUT2D eigenvalue weighted by Gasteiger charge is -2.42. The number of benzene rings is 2. The molecule has 1 saturated heterocycles. The van der Waals surface area contributed by atoms with Gasteiger partial charge in [0.15, 0.2) is 5.82 Å². The van der Waals surface area contributed by atoms with Crippen molar-refractivity contribution in [3.8, 4) is 0 Å². The third-order valence-corrected chi connectivity index (χ3v) is 10.2. The molecule has 6 rings (SSSR count). The number of ether oxygens (including phenoxy) is 1. The number of rotatable bonds is 6. The van der Waals surface area contributed by atoms with Crippen molar-refractivity contribution in [2.75, 3.05) is 30.8 Å². The summed E-state index contributed by atoms with van der Waals surface area (Å²) in [5.74, 6) is 1.07. The lowest BCUT2D eigenvalue weighted by Crippen LogP contribution is -2.44. The van der Waals surface area contributed by atoms with E-state index in [0.717, 1.165) is 38.2 Å². The Morgan fingerprint density at radius 3 is 2.63 bits per heavy atom. The van der Waals surface area contributed by atoms with Crippen LogP contribution in [0.2, 0.25) is 5.02 Å². The fraction of sp³-hybridized carbons (Fsp3) is 0.400. The third kappa shape index (κ3) is 5.07. The first-order valence-corrected chi connectivity index (χ1v) is 14.9. The first kappa shape index (κ1) is 28.0. The minimum Gasteiger partial charge on any atom is -0.381 e. The number of nitrogens with zero attached hydrogens (tertiary/aromatic N) is 5. The van der Waals surface area contributed by atoms with E-state index in [2.05, 4.69) is 39.1 Å². The number of methoxy groups -OCH3 is 1. The molecule has 214 valence electrons. The molecule has 1 aliphatic heterocycles. The number of piperidine rings is 1. The second-order valence-electron chi connectivity index (χ2n) is 11.6. The molecule has 0 radical (unpaired) electrons. The van der Waals surface area contributed by atoms with Crippen molar-refractivity contribution in [3.63, 3.8) is 0 Å². The van der Waals surface area contributed by atoms with E-state index in [9.17, 15) is 4.79 Å². The van der Waals surface area contributed by atoms with Crippen LogP contribution < -0.4 is 21.9 Å².